The third-order valence-electron chi connectivity index (χ3n) is 9.75. The second-order valence-corrected chi connectivity index (χ2v) is 13.9. The molecular weight excluding hydrogens is 616 g/mol. The van der Waals surface area contributed by atoms with Gasteiger partial charge in [0.1, 0.15) is 0 Å². The first-order valence-corrected chi connectivity index (χ1v) is 19.1. The van der Waals surface area contributed by atoms with Crippen molar-refractivity contribution < 1.29 is 29.3 Å². The molecule has 2 aromatic carbocycles. The Bertz CT molecular complexity index is 1170. The Labute approximate surface area is 296 Å². The van der Waals surface area contributed by atoms with Gasteiger partial charge in [-0.25, -0.2) is 0 Å². The van der Waals surface area contributed by atoms with Gasteiger partial charge in [0.15, 0.2) is 6.29 Å². The number of ether oxygens (including phenoxy) is 2. The molecule has 1 amide bonds. The van der Waals surface area contributed by atoms with E-state index >= 15 is 0 Å². The highest BCUT2D eigenvalue weighted by Gasteiger charge is 2.39. The van der Waals surface area contributed by atoms with E-state index in [2.05, 4.69) is 43.1 Å². The highest BCUT2D eigenvalue weighted by molar-refractivity contribution is 5.76. The fourth-order valence-corrected chi connectivity index (χ4v) is 6.59. The number of aliphatic carboxylic acids is 1. The highest BCUT2D eigenvalue weighted by atomic mass is 16.7. The van der Waals surface area contributed by atoms with E-state index < -0.39 is 12.3 Å². The maximum Gasteiger partial charge on any atom is 0.303 e. The predicted octanol–water partition coefficient (Wildman–Crippen LogP) is 8.86. The molecule has 1 heterocycles. The zero-order valence-electron chi connectivity index (χ0n) is 30.5. The fraction of sp³-hybridized carbons (Fsp3) is 0.659. The number of aliphatic hydroxyl groups is 1. The monoisotopic (exact) mass is 680 g/mol. The molecule has 1 saturated heterocycles. The number of benzene rings is 2. The topological polar surface area (TPSA) is 108 Å². The number of carboxylic acid groups (broad SMARTS) is 1. The van der Waals surface area contributed by atoms with Crippen molar-refractivity contribution >= 4 is 11.9 Å². The van der Waals surface area contributed by atoms with Crippen molar-refractivity contribution in [3.63, 3.8) is 0 Å². The van der Waals surface area contributed by atoms with Crippen LogP contribution in [0.25, 0.3) is 0 Å². The maximum atomic E-state index is 12.2. The molecule has 0 spiro atoms. The largest absolute Gasteiger partial charge is 0.481 e. The van der Waals surface area contributed by atoms with E-state index in [9.17, 15) is 14.7 Å². The lowest BCUT2D eigenvalue weighted by Crippen LogP contribution is -2.45. The summed E-state index contributed by atoms with van der Waals surface area (Å²) in [5, 5.41) is 21.3. The molecule has 4 atom stereocenters. The number of carbonyl (C=O) groups is 2. The van der Waals surface area contributed by atoms with Crippen molar-refractivity contribution in [2.75, 3.05) is 19.6 Å². The van der Waals surface area contributed by atoms with Crippen molar-refractivity contribution in [3.05, 3.63) is 70.8 Å². The van der Waals surface area contributed by atoms with Crippen LogP contribution in [0.15, 0.2) is 48.5 Å². The number of carboxylic acids is 1. The van der Waals surface area contributed by atoms with Gasteiger partial charge in [-0.15, -0.1) is 0 Å². The average Bonchev–Trinajstić information content (AvgIpc) is 3.11. The van der Waals surface area contributed by atoms with Crippen LogP contribution in [0.3, 0.4) is 0 Å². The summed E-state index contributed by atoms with van der Waals surface area (Å²) in [4.78, 5) is 25.5. The second kappa shape index (κ2) is 23.6. The van der Waals surface area contributed by atoms with E-state index in [1.807, 2.05) is 36.4 Å². The minimum absolute atomic E-state index is 0.00839. The number of unbranched alkanes of at least 4 members (excludes halogenated alkanes) is 10. The standard InChI is InChI=1S/C41H64N2O6/c1-4-6-8-10-12-14-27-43(28-15-13-11-9-7-5-2)30-37-32(3)40(35-23-21-34(31-44)22-24-35)49-41(48-37)36-25-19-33(20-26-36)29-42-38(45)17-16-18-39(46)47/h19-26,32,37,40-41,44H,4-18,27-31H2,1-3H3,(H,42,45)(H,46,47)/t32-,37+,40+,41+/m0/s1. The number of hydrogen-bond donors (Lipinski definition) is 3. The molecule has 3 N–H and O–H groups in total. The molecule has 0 radical (unpaired) electrons. The van der Waals surface area contributed by atoms with Crippen molar-refractivity contribution in [3.8, 4) is 0 Å². The molecule has 1 fully saturated rings. The Balaban J connectivity index is 1.72. The van der Waals surface area contributed by atoms with Crippen LogP contribution in [0.5, 0.6) is 0 Å². The number of nitrogens with zero attached hydrogens (tertiary/aromatic N) is 1. The number of rotatable bonds is 25. The number of aliphatic hydroxyl groups excluding tert-OH is 1. The van der Waals surface area contributed by atoms with E-state index in [0.717, 1.165) is 41.9 Å². The molecule has 0 saturated carbocycles. The predicted molar refractivity (Wildman–Crippen MR) is 196 cm³/mol. The van der Waals surface area contributed by atoms with Crippen molar-refractivity contribution in [2.24, 2.45) is 5.92 Å². The van der Waals surface area contributed by atoms with Crippen LogP contribution in [-0.4, -0.2) is 52.7 Å². The van der Waals surface area contributed by atoms with E-state index in [4.69, 9.17) is 14.6 Å². The van der Waals surface area contributed by atoms with Crippen molar-refractivity contribution in [2.45, 2.75) is 149 Å². The third kappa shape index (κ3) is 15.3. The molecule has 0 unspecified atom stereocenters. The molecule has 3 rings (SSSR count). The molecule has 8 heteroatoms. The van der Waals surface area contributed by atoms with E-state index in [-0.39, 0.29) is 43.5 Å². The summed E-state index contributed by atoms with van der Waals surface area (Å²) in [5.41, 5.74) is 3.86. The van der Waals surface area contributed by atoms with Crippen molar-refractivity contribution in [1.82, 2.24) is 10.2 Å². The number of nitrogens with one attached hydrogen (secondary N) is 1. The molecule has 49 heavy (non-hydrogen) atoms. The number of carbonyl (C=O) groups excluding carboxylic acids is 1. The van der Waals surface area contributed by atoms with Crippen LogP contribution in [0, 0.1) is 5.92 Å². The molecule has 0 aliphatic carbocycles. The van der Waals surface area contributed by atoms with Gasteiger partial charge in [-0.05, 0) is 49.0 Å². The minimum atomic E-state index is -0.889. The number of hydrogen-bond acceptors (Lipinski definition) is 6. The summed E-state index contributed by atoms with van der Waals surface area (Å²) in [6.07, 6.45) is 15.2. The molecule has 0 bridgehead atoms. The summed E-state index contributed by atoms with van der Waals surface area (Å²) in [6, 6.07) is 16.1. The zero-order chi connectivity index (χ0) is 35.3. The normalized spacial score (nSPS) is 19.3. The Morgan fingerprint density at radius 1 is 0.714 bits per heavy atom. The maximum absolute atomic E-state index is 12.2. The van der Waals surface area contributed by atoms with Crippen LogP contribution in [0.1, 0.15) is 152 Å². The molecular formula is C41H64N2O6. The first-order chi connectivity index (χ1) is 23.8. The summed E-state index contributed by atoms with van der Waals surface area (Å²) in [5.74, 6) is -0.911. The first kappa shape index (κ1) is 40.6. The average molecular weight is 681 g/mol. The van der Waals surface area contributed by atoms with Gasteiger partial charge in [-0.3, -0.25) is 9.59 Å². The van der Waals surface area contributed by atoms with E-state index in [1.54, 1.807) is 0 Å². The summed E-state index contributed by atoms with van der Waals surface area (Å²) in [7, 11) is 0. The van der Waals surface area contributed by atoms with Crippen LogP contribution < -0.4 is 5.32 Å². The quantitative estimate of drug-likeness (QED) is 0.0899. The van der Waals surface area contributed by atoms with Gasteiger partial charge in [-0.2, -0.15) is 0 Å². The van der Waals surface area contributed by atoms with Gasteiger partial charge in [0, 0.05) is 37.4 Å². The van der Waals surface area contributed by atoms with Crippen LogP contribution in [-0.2, 0) is 32.2 Å². The van der Waals surface area contributed by atoms with Gasteiger partial charge >= 0.3 is 5.97 Å². The van der Waals surface area contributed by atoms with Crippen LogP contribution >= 0.6 is 0 Å². The van der Waals surface area contributed by atoms with Gasteiger partial charge < -0.3 is 29.9 Å². The van der Waals surface area contributed by atoms with Gasteiger partial charge in [0.05, 0.1) is 18.8 Å². The van der Waals surface area contributed by atoms with Gasteiger partial charge in [0.25, 0.3) is 0 Å². The first-order valence-electron chi connectivity index (χ1n) is 19.1. The zero-order valence-corrected chi connectivity index (χ0v) is 30.5. The van der Waals surface area contributed by atoms with Crippen molar-refractivity contribution in [1.29, 1.82) is 0 Å². The second-order valence-electron chi connectivity index (χ2n) is 13.9. The Kier molecular flexibility index (Phi) is 19.6. The highest BCUT2D eigenvalue weighted by Crippen LogP contribution is 2.42. The Hall–Kier alpha value is -2.78. The molecule has 8 nitrogen and oxygen atoms in total. The Morgan fingerprint density at radius 2 is 1.27 bits per heavy atom. The lowest BCUT2D eigenvalue weighted by Gasteiger charge is -2.43. The molecule has 1 aliphatic heterocycles. The van der Waals surface area contributed by atoms with Gasteiger partial charge in [-0.1, -0.05) is 134 Å². The van der Waals surface area contributed by atoms with E-state index in [0.29, 0.717) is 13.0 Å². The van der Waals surface area contributed by atoms with E-state index in [1.165, 1.54) is 77.0 Å². The Morgan fingerprint density at radius 3 is 1.84 bits per heavy atom. The van der Waals surface area contributed by atoms with Crippen LogP contribution in [0.4, 0.5) is 0 Å². The fourth-order valence-electron chi connectivity index (χ4n) is 6.59. The molecule has 1 aliphatic rings. The smallest absolute Gasteiger partial charge is 0.303 e. The summed E-state index contributed by atoms with van der Waals surface area (Å²) in [6.45, 7) is 10.2. The molecule has 2 aromatic rings. The number of amides is 1. The van der Waals surface area contributed by atoms with Gasteiger partial charge in [0.2, 0.25) is 5.91 Å². The molecule has 0 aromatic heterocycles. The SMILES string of the molecule is CCCCCCCCN(CCCCCCCC)C[C@H]1O[C@@H](c2ccc(CNC(=O)CCCC(=O)O)cc2)O[C@@H](c2ccc(CO)cc2)[C@H]1C. The molecule has 274 valence electrons. The van der Waals surface area contributed by atoms with Crippen LogP contribution in [0.2, 0.25) is 0 Å². The lowest BCUT2D eigenvalue weighted by atomic mass is 9.90. The third-order valence-corrected chi connectivity index (χ3v) is 9.75. The summed E-state index contributed by atoms with van der Waals surface area (Å²) < 4.78 is 13.5. The minimum Gasteiger partial charge on any atom is -0.481 e. The lowest BCUT2D eigenvalue weighted by molar-refractivity contribution is -0.276. The summed E-state index contributed by atoms with van der Waals surface area (Å²) >= 11 is 0.